The summed E-state index contributed by atoms with van der Waals surface area (Å²) in [7, 11) is -2.04. The largest absolute Gasteiger partial charge is 0.355 e. The zero-order valence-electron chi connectivity index (χ0n) is 11.6. The molecule has 0 heterocycles. The van der Waals surface area contributed by atoms with Gasteiger partial charge in [-0.1, -0.05) is 25.3 Å². The van der Waals surface area contributed by atoms with Crippen LogP contribution >= 0.6 is 0 Å². The molecule has 1 saturated carbocycles. The van der Waals surface area contributed by atoms with Crippen molar-refractivity contribution in [2.75, 3.05) is 7.05 Å². The van der Waals surface area contributed by atoms with Crippen molar-refractivity contribution in [2.24, 2.45) is 0 Å². The molecule has 1 fully saturated rings. The molecular formula is C14H20N2O3S. The molecule has 1 aliphatic rings. The Balaban J connectivity index is 2.18. The number of nitrogens with one attached hydrogen (secondary N) is 2. The van der Waals surface area contributed by atoms with Crippen molar-refractivity contribution in [3.8, 4) is 0 Å². The highest BCUT2D eigenvalue weighted by atomic mass is 32.2. The Kier molecular flexibility index (Phi) is 4.77. The van der Waals surface area contributed by atoms with Crippen LogP contribution in [0, 0.1) is 0 Å². The lowest BCUT2D eigenvalue weighted by Gasteiger charge is -2.22. The fourth-order valence-corrected chi connectivity index (χ4v) is 3.81. The predicted octanol–water partition coefficient (Wildman–Crippen LogP) is 1.66. The Hall–Kier alpha value is -1.40. The highest BCUT2D eigenvalue weighted by molar-refractivity contribution is 7.89. The molecular weight excluding hydrogens is 276 g/mol. The minimum atomic E-state index is -3.55. The van der Waals surface area contributed by atoms with E-state index in [1.54, 1.807) is 12.1 Å². The fourth-order valence-electron chi connectivity index (χ4n) is 2.46. The number of carbonyl (C=O) groups is 1. The summed E-state index contributed by atoms with van der Waals surface area (Å²) in [4.78, 5) is 11.7. The lowest BCUT2D eigenvalue weighted by molar-refractivity contribution is 0.0963. The molecule has 2 rings (SSSR count). The van der Waals surface area contributed by atoms with Crippen LogP contribution in [0.2, 0.25) is 0 Å². The highest BCUT2D eigenvalue weighted by Crippen LogP contribution is 2.20. The zero-order valence-corrected chi connectivity index (χ0v) is 12.4. The van der Waals surface area contributed by atoms with Crippen LogP contribution in [0.15, 0.2) is 29.2 Å². The summed E-state index contributed by atoms with van der Waals surface area (Å²) in [6.45, 7) is 0. The van der Waals surface area contributed by atoms with Gasteiger partial charge in [0.25, 0.3) is 5.91 Å². The molecule has 5 nitrogen and oxygen atoms in total. The minimum absolute atomic E-state index is 0.0115. The van der Waals surface area contributed by atoms with Crippen LogP contribution in [0.1, 0.15) is 42.5 Å². The molecule has 0 spiro atoms. The van der Waals surface area contributed by atoms with Gasteiger partial charge in [-0.2, -0.15) is 0 Å². The molecule has 0 saturated heterocycles. The second kappa shape index (κ2) is 6.37. The van der Waals surface area contributed by atoms with E-state index in [1.807, 2.05) is 0 Å². The van der Waals surface area contributed by atoms with Gasteiger partial charge in [-0.3, -0.25) is 4.79 Å². The van der Waals surface area contributed by atoms with Crippen molar-refractivity contribution in [3.05, 3.63) is 29.8 Å². The smallest absolute Gasteiger partial charge is 0.251 e. The van der Waals surface area contributed by atoms with Crippen molar-refractivity contribution in [1.29, 1.82) is 0 Å². The number of benzene rings is 1. The number of hydrogen-bond donors (Lipinski definition) is 2. The van der Waals surface area contributed by atoms with Crippen LogP contribution in [-0.4, -0.2) is 27.4 Å². The molecule has 0 aromatic heterocycles. The van der Waals surface area contributed by atoms with E-state index in [0.29, 0.717) is 5.56 Å². The van der Waals surface area contributed by atoms with E-state index in [2.05, 4.69) is 10.0 Å². The SMILES string of the molecule is CNC(=O)c1cccc(S(=O)(=O)NC2CCCCC2)c1. The molecule has 0 radical (unpaired) electrons. The average molecular weight is 296 g/mol. The first kappa shape index (κ1) is 15.0. The second-order valence-electron chi connectivity index (χ2n) is 5.06. The van der Waals surface area contributed by atoms with E-state index in [4.69, 9.17) is 0 Å². The summed E-state index contributed by atoms with van der Waals surface area (Å²) < 4.78 is 27.4. The third kappa shape index (κ3) is 3.58. The molecule has 110 valence electrons. The lowest BCUT2D eigenvalue weighted by atomic mass is 9.96. The molecule has 0 atom stereocenters. The molecule has 1 aromatic carbocycles. The summed E-state index contributed by atoms with van der Waals surface area (Å²) in [5.41, 5.74) is 0.346. The van der Waals surface area contributed by atoms with Gasteiger partial charge in [0, 0.05) is 18.7 Å². The summed E-state index contributed by atoms with van der Waals surface area (Å²) in [6, 6.07) is 6.11. The maximum absolute atomic E-state index is 12.3. The number of amides is 1. The molecule has 20 heavy (non-hydrogen) atoms. The number of hydrogen-bond acceptors (Lipinski definition) is 3. The van der Waals surface area contributed by atoms with Gasteiger partial charge in [0.15, 0.2) is 0 Å². The Labute approximate surface area is 119 Å². The first-order valence-corrected chi connectivity index (χ1v) is 8.36. The summed E-state index contributed by atoms with van der Waals surface area (Å²) in [5, 5.41) is 2.49. The summed E-state index contributed by atoms with van der Waals surface area (Å²) in [5.74, 6) is -0.292. The molecule has 0 unspecified atom stereocenters. The van der Waals surface area contributed by atoms with E-state index in [1.165, 1.54) is 25.6 Å². The van der Waals surface area contributed by atoms with Crippen molar-refractivity contribution in [3.63, 3.8) is 0 Å². The monoisotopic (exact) mass is 296 g/mol. The maximum Gasteiger partial charge on any atom is 0.251 e. The lowest BCUT2D eigenvalue weighted by Crippen LogP contribution is -2.36. The Morgan fingerprint density at radius 1 is 1.20 bits per heavy atom. The van der Waals surface area contributed by atoms with E-state index < -0.39 is 10.0 Å². The standard InChI is InChI=1S/C14H20N2O3S/c1-15-14(17)11-6-5-9-13(10-11)20(18,19)16-12-7-3-2-4-8-12/h5-6,9-10,12,16H,2-4,7-8H2,1H3,(H,15,17). The maximum atomic E-state index is 12.3. The van der Waals surface area contributed by atoms with Crippen molar-refractivity contribution >= 4 is 15.9 Å². The van der Waals surface area contributed by atoms with Crippen LogP contribution in [0.25, 0.3) is 0 Å². The Bertz CT molecular complexity index is 578. The number of sulfonamides is 1. The molecule has 2 N–H and O–H groups in total. The van der Waals surface area contributed by atoms with Gasteiger partial charge in [0.1, 0.15) is 0 Å². The number of rotatable bonds is 4. The van der Waals surface area contributed by atoms with Crippen molar-refractivity contribution < 1.29 is 13.2 Å². The van der Waals surface area contributed by atoms with Gasteiger partial charge in [0.05, 0.1) is 4.90 Å². The van der Waals surface area contributed by atoms with Gasteiger partial charge >= 0.3 is 0 Å². The Morgan fingerprint density at radius 2 is 1.90 bits per heavy atom. The van der Waals surface area contributed by atoms with Crippen LogP contribution in [0.3, 0.4) is 0 Å². The predicted molar refractivity (Wildman–Crippen MR) is 77.0 cm³/mol. The summed E-state index contributed by atoms with van der Waals surface area (Å²) in [6.07, 6.45) is 5.06. The van der Waals surface area contributed by atoms with Crippen LogP contribution in [0.5, 0.6) is 0 Å². The molecule has 0 aliphatic heterocycles. The van der Waals surface area contributed by atoms with Crippen molar-refractivity contribution in [1.82, 2.24) is 10.0 Å². The molecule has 1 amide bonds. The Morgan fingerprint density at radius 3 is 2.55 bits per heavy atom. The number of carbonyl (C=O) groups excluding carboxylic acids is 1. The molecule has 6 heteroatoms. The molecule has 1 aliphatic carbocycles. The van der Waals surface area contributed by atoms with Crippen LogP contribution in [-0.2, 0) is 10.0 Å². The second-order valence-corrected chi connectivity index (χ2v) is 6.78. The van der Waals surface area contributed by atoms with Gasteiger partial charge in [0.2, 0.25) is 10.0 Å². The van der Waals surface area contributed by atoms with E-state index in [-0.39, 0.29) is 16.8 Å². The fraction of sp³-hybridized carbons (Fsp3) is 0.500. The van der Waals surface area contributed by atoms with Crippen LogP contribution in [0.4, 0.5) is 0 Å². The molecule has 1 aromatic rings. The third-order valence-corrected chi connectivity index (χ3v) is 5.08. The topological polar surface area (TPSA) is 75.3 Å². The highest BCUT2D eigenvalue weighted by Gasteiger charge is 2.22. The van der Waals surface area contributed by atoms with Gasteiger partial charge in [-0.05, 0) is 31.0 Å². The van der Waals surface area contributed by atoms with Gasteiger partial charge in [-0.25, -0.2) is 13.1 Å². The first-order chi connectivity index (χ1) is 9.53. The van der Waals surface area contributed by atoms with E-state index >= 15 is 0 Å². The average Bonchev–Trinajstić information content (AvgIpc) is 2.47. The van der Waals surface area contributed by atoms with Crippen LogP contribution < -0.4 is 10.0 Å². The minimum Gasteiger partial charge on any atom is -0.355 e. The first-order valence-electron chi connectivity index (χ1n) is 6.87. The summed E-state index contributed by atoms with van der Waals surface area (Å²) >= 11 is 0. The zero-order chi connectivity index (χ0) is 14.6. The quantitative estimate of drug-likeness (QED) is 0.887. The van der Waals surface area contributed by atoms with E-state index in [9.17, 15) is 13.2 Å². The third-order valence-electron chi connectivity index (χ3n) is 3.56. The van der Waals surface area contributed by atoms with Crippen molar-refractivity contribution in [2.45, 2.75) is 43.0 Å². The molecule has 0 bridgehead atoms. The van der Waals surface area contributed by atoms with Gasteiger partial charge < -0.3 is 5.32 Å². The van der Waals surface area contributed by atoms with E-state index in [0.717, 1.165) is 25.7 Å². The normalized spacial score (nSPS) is 16.9. The van der Waals surface area contributed by atoms with Gasteiger partial charge in [-0.15, -0.1) is 0 Å².